The molecule has 0 radical (unpaired) electrons. The first-order valence-electron chi connectivity index (χ1n) is 6.57. The van der Waals surface area contributed by atoms with E-state index in [0.717, 1.165) is 0 Å². The first kappa shape index (κ1) is 15.0. The molecule has 0 aromatic heterocycles. The number of ether oxygens (including phenoxy) is 2. The Morgan fingerprint density at radius 1 is 1.38 bits per heavy atom. The number of nitrogens with one attached hydrogen (secondary N) is 2. The van der Waals surface area contributed by atoms with E-state index in [1.165, 1.54) is 0 Å². The van der Waals surface area contributed by atoms with Crippen molar-refractivity contribution in [2.24, 2.45) is 5.10 Å². The maximum Gasteiger partial charge on any atom is 0.271 e. The average Bonchev–Trinajstić information content (AvgIpc) is 2.48. The third-order valence-electron chi connectivity index (χ3n) is 2.81. The predicted octanol–water partition coefficient (Wildman–Crippen LogP) is 0.916. The summed E-state index contributed by atoms with van der Waals surface area (Å²) >= 11 is 0. The second-order valence-electron chi connectivity index (χ2n) is 4.42. The average molecular weight is 291 g/mol. The number of hydrogen-bond donors (Lipinski definition) is 2. The summed E-state index contributed by atoms with van der Waals surface area (Å²) < 4.78 is 10.4. The molecule has 0 spiro atoms. The molecule has 1 heterocycles. The van der Waals surface area contributed by atoms with Gasteiger partial charge in [-0.1, -0.05) is 6.07 Å². The Morgan fingerprint density at radius 2 is 2.24 bits per heavy atom. The van der Waals surface area contributed by atoms with E-state index in [-0.39, 0.29) is 18.2 Å². The lowest BCUT2D eigenvalue weighted by Crippen LogP contribution is -2.32. The van der Waals surface area contributed by atoms with Crippen molar-refractivity contribution in [1.82, 2.24) is 5.43 Å². The van der Waals surface area contributed by atoms with Crippen LogP contribution in [0.4, 0.5) is 5.69 Å². The Hall–Kier alpha value is -2.41. The van der Waals surface area contributed by atoms with Crippen molar-refractivity contribution in [2.75, 3.05) is 25.6 Å². The van der Waals surface area contributed by atoms with Crippen LogP contribution < -0.4 is 15.5 Å². The van der Waals surface area contributed by atoms with Crippen LogP contribution in [0.1, 0.15) is 12.8 Å². The van der Waals surface area contributed by atoms with Crippen molar-refractivity contribution in [1.29, 1.82) is 0 Å². The van der Waals surface area contributed by atoms with Crippen LogP contribution in [0.25, 0.3) is 0 Å². The standard InChI is InChI=1S/C14H17N3O4/c1-20-7-8-21-11-4-2-3-10(9-11)15-14(19)12-5-6-13(18)17-16-12/h2-4,9H,5-8H2,1H3,(H,15,19)(H,17,18). The molecule has 7 nitrogen and oxygen atoms in total. The van der Waals surface area contributed by atoms with Crippen LogP contribution in [0, 0.1) is 0 Å². The number of nitrogens with zero attached hydrogens (tertiary/aromatic N) is 1. The molecular formula is C14H17N3O4. The number of methoxy groups -OCH3 is 1. The molecule has 1 aromatic rings. The van der Waals surface area contributed by atoms with Gasteiger partial charge >= 0.3 is 0 Å². The largest absolute Gasteiger partial charge is 0.491 e. The zero-order valence-corrected chi connectivity index (χ0v) is 11.7. The first-order valence-corrected chi connectivity index (χ1v) is 6.57. The quantitative estimate of drug-likeness (QED) is 0.763. The summed E-state index contributed by atoms with van der Waals surface area (Å²) in [5.74, 6) is 0.132. The van der Waals surface area contributed by atoms with Gasteiger partial charge in [-0.15, -0.1) is 0 Å². The normalized spacial score (nSPS) is 14.1. The van der Waals surface area contributed by atoms with Gasteiger partial charge in [-0.3, -0.25) is 9.59 Å². The highest BCUT2D eigenvalue weighted by Crippen LogP contribution is 2.17. The van der Waals surface area contributed by atoms with Crippen LogP contribution in [0.5, 0.6) is 5.75 Å². The molecule has 2 N–H and O–H groups in total. The lowest BCUT2D eigenvalue weighted by molar-refractivity contribution is -0.121. The summed E-state index contributed by atoms with van der Waals surface area (Å²) in [5, 5.41) is 6.47. The summed E-state index contributed by atoms with van der Waals surface area (Å²) in [5.41, 5.74) is 3.21. The molecule has 0 saturated carbocycles. The van der Waals surface area contributed by atoms with Gasteiger partial charge in [0.2, 0.25) is 5.91 Å². The molecule has 2 amide bonds. The van der Waals surface area contributed by atoms with E-state index >= 15 is 0 Å². The predicted molar refractivity (Wildman–Crippen MR) is 77.3 cm³/mol. The molecule has 0 fully saturated rings. The van der Waals surface area contributed by atoms with E-state index in [9.17, 15) is 9.59 Å². The third-order valence-corrected chi connectivity index (χ3v) is 2.81. The SMILES string of the molecule is COCCOc1cccc(NC(=O)C2=NNC(=O)CC2)c1. The summed E-state index contributed by atoms with van der Waals surface area (Å²) in [6.45, 7) is 0.930. The Labute approximate surface area is 122 Å². The number of hydrogen-bond acceptors (Lipinski definition) is 5. The Bertz CT molecular complexity index is 557. The second kappa shape index (κ2) is 7.39. The van der Waals surface area contributed by atoms with Gasteiger partial charge in [0, 0.05) is 31.7 Å². The number of anilines is 1. The van der Waals surface area contributed by atoms with Gasteiger partial charge in [-0.25, -0.2) is 5.43 Å². The summed E-state index contributed by atoms with van der Waals surface area (Å²) in [6.07, 6.45) is 0.605. The lowest BCUT2D eigenvalue weighted by atomic mass is 10.1. The molecule has 0 unspecified atom stereocenters. The van der Waals surface area contributed by atoms with E-state index in [2.05, 4.69) is 15.8 Å². The van der Waals surface area contributed by atoms with Crippen molar-refractivity contribution >= 4 is 23.2 Å². The lowest BCUT2D eigenvalue weighted by Gasteiger charge is -2.12. The summed E-state index contributed by atoms with van der Waals surface area (Å²) in [6, 6.07) is 7.05. The minimum Gasteiger partial charge on any atom is -0.491 e. The Morgan fingerprint density at radius 3 is 2.95 bits per heavy atom. The van der Waals surface area contributed by atoms with Crippen molar-refractivity contribution in [3.63, 3.8) is 0 Å². The fraction of sp³-hybridized carbons (Fsp3) is 0.357. The van der Waals surface area contributed by atoms with Gasteiger partial charge in [0.05, 0.1) is 6.61 Å². The van der Waals surface area contributed by atoms with Gasteiger partial charge in [-0.05, 0) is 12.1 Å². The van der Waals surface area contributed by atoms with Crippen LogP contribution in [-0.4, -0.2) is 37.8 Å². The Kier molecular flexibility index (Phi) is 5.28. The van der Waals surface area contributed by atoms with Gasteiger partial charge in [0.25, 0.3) is 5.91 Å². The molecule has 21 heavy (non-hydrogen) atoms. The Balaban J connectivity index is 1.94. The number of carbonyl (C=O) groups is 2. The molecule has 0 saturated heterocycles. The van der Waals surface area contributed by atoms with Crippen LogP contribution in [-0.2, 0) is 14.3 Å². The fourth-order valence-corrected chi connectivity index (χ4v) is 1.75. The maximum atomic E-state index is 12.0. The van der Waals surface area contributed by atoms with Crippen LogP contribution in [0.2, 0.25) is 0 Å². The first-order chi connectivity index (χ1) is 10.2. The van der Waals surface area contributed by atoms with Crippen LogP contribution in [0.3, 0.4) is 0 Å². The van der Waals surface area contributed by atoms with Crippen LogP contribution >= 0.6 is 0 Å². The van der Waals surface area contributed by atoms with E-state index in [0.29, 0.717) is 36.8 Å². The highest BCUT2D eigenvalue weighted by atomic mass is 16.5. The minimum atomic E-state index is -0.330. The number of rotatable bonds is 6. The minimum absolute atomic E-state index is 0.180. The van der Waals surface area contributed by atoms with E-state index in [1.807, 2.05) is 0 Å². The fourth-order valence-electron chi connectivity index (χ4n) is 1.75. The topological polar surface area (TPSA) is 89.0 Å². The summed E-state index contributed by atoms with van der Waals surface area (Å²) in [4.78, 5) is 23.0. The van der Waals surface area contributed by atoms with E-state index in [1.54, 1.807) is 31.4 Å². The second-order valence-corrected chi connectivity index (χ2v) is 4.42. The third kappa shape index (κ3) is 4.57. The smallest absolute Gasteiger partial charge is 0.271 e. The van der Waals surface area contributed by atoms with E-state index in [4.69, 9.17) is 9.47 Å². The summed E-state index contributed by atoms with van der Waals surface area (Å²) in [7, 11) is 1.60. The molecule has 7 heteroatoms. The number of carbonyl (C=O) groups excluding carboxylic acids is 2. The monoisotopic (exact) mass is 291 g/mol. The molecule has 2 rings (SSSR count). The molecule has 112 valence electrons. The van der Waals surface area contributed by atoms with Crippen molar-refractivity contribution in [2.45, 2.75) is 12.8 Å². The van der Waals surface area contributed by atoms with Crippen molar-refractivity contribution < 1.29 is 19.1 Å². The molecule has 1 aliphatic heterocycles. The molecule has 0 bridgehead atoms. The molecule has 0 aliphatic carbocycles. The van der Waals surface area contributed by atoms with Gasteiger partial charge < -0.3 is 14.8 Å². The van der Waals surface area contributed by atoms with Gasteiger partial charge in [-0.2, -0.15) is 5.10 Å². The number of hydrazone groups is 1. The van der Waals surface area contributed by atoms with E-state index < -0.39 is 0 Å². The molecular weight excluding hydrogens is 274 g/mol. The van der Waals surface area contributed by atoms with Crippen LogP contribution in [0.15, 0.2) is 29.4 Å². The molecule has 0 atom stereocenters. The highest BCUT2D eigenvalue weighted by Gasteiger charge is 2.18. The number of benzene rings is 1. The zero-order valence-electron chi connectivity index (χ0n) is 11.7. The number of amides is 2. The maximum absolute atomic E-state index is 12.0. The van der Waals surface area contributed by atoms with Gasteiger partial charge in [0.15, 0.2) is 0 Å². The van der Waals surface area contributed by atoms with Crippen molar-refractivity contribution in [3.8, 4) is 5.75 Å². The molecule has 1 aliphatic rings. The zero-order chi connectivity index (χ0) is 15.1. The van der Waals surface area contributed by atoms with Crippen molar-refractivity contribution in [3.05, 3.63) is 24.3 Å². The molecule has 1 aromatic carbocycles. The van der Waals surface area contributed by atoms with Gasteiger partial charge in [0.1, 0.15) is 18.1 Å². The highest BCUT2D eigenvalue weighted by molar-refractivity contribution is 6.43.